The quantitative estimate of drug-likeness (QED) is 0.747. The number of aryl methyl sites for hydroxylation is 2. The van der Waals surface area contributed by atoms with Crippen molar-refractivity contribution in [1.82, 2.24) is 24.6 Å². The lowest BCUT2D eigenvalue weighted by Gasteiger charge is -2.05. The summed E-state index contributed by atoms with van der Waals surface area (Å²) in [6.45, 7) is 4.93. The van der Waals surface area contributed by atoms with Gasteiger partial charge in [-0.25, -0.2) is 13.1 Å². The fraction of sp³-hybridized carbons (Fsp3) is 0.545. The largest absolute Gasteiger partial charge is 0.394 e. The van der Waals surface area contributed by atoms with Gasteiger partial charge in [-0.1, -0.05) is 5.16 Å². The van der Waals surface area contributed by atoms with Crippen molar-refractivity contribution in [2.75, 3.05) is 6.61 Å². The van der Waals surface area contributed by atoms with Crippen LogP contribution in [0.2, 0.25) is 0 Å². The standard InChI is InChI=1S/C11H17N5O4S/c1-7-11(8(2)16(14-7)4-5-17)21(18,19)12-6-10-13-9(3)15-20-10/h12,17H,4-6H2,1-3H3. The molecule has 0 saturated heterocycles. The number of hydrogen-bond donors (Lipinski definition) is 2. The summed E-state index contributed by atoms with van der Waals surface area (Å²) in [5.41, 5.74) is 0.839. The molecule has 2 aromatic rings. The Morgan fingerprint density at radius 2 is 2.05 bits per heavy atom. The van der Waals surface area contributed by atoms with Gasteiger partial charge in [-0.05, 0) is 20.8 Å². The number of aliphatic hydroxyl groups is 1. The van der Waals surface area contributed by atoms with Crippen molar-refractivity contribution in [2.45, 2.75) is 38.8 Å². The Morgan fingerprint density at radius 3 is 2.62 bits per heavy atom. The van der Waals surface area contributed by atoms with Crippen LogP contribution in [0.1, 0.15) is 23.1 Å². The van der Waals surface area contributed by atoms with Gasteiger partial charge in [0.15, 0.2) is 5.82 Å². The van der Waals surface area contributed by atoms with Crippen LogP contribution in [0.4, 0.5) is 0 Å². The Bertz CT molecular complexity index is 734. The average Bonchev–Trinajstić information content (AvgIpc) is 2.93. The summed E-state index contributed by atoms with van der Waals surface area (Å²) < 4.78 is 33.4. The minimum Gasteiger partial charge on any atom is -0.394 e. The molecule has 0 aliphatic heterocycles. The summed E-state index contributed by atoms with van der Waals surface area (Å²) in [6, 6.07) is 0. The third kappa shape index (κ3) is 3.28. The molecule has 0 unspecified atom stereocenters. The average molecular weight is 315 g/mol. The maximum Gasteiger partial charge on any atom is 0.244 e. The van der Waals surface area contributed by atoms with Crippen LogP contribution in [0.5, 0.6) is 0 Å². The number of aromatic nitrogens is 4. The van der Waals surface area contributed by atoms with E-state index in [1.54, 1.807) is 20.8 Å². The number of nitrogens with zero attached hydrogens (tertiary/aromatic N) is 4. The number of hydrogen-bond acceptors (Lipinski definition) is 7. The van der Waals surface area contributed by atoms with Crippen LogP contribution in [0.3, 0.4) is 0 Å². The first-order chi connectivity index (χ1) is 9.85. The number of nitrogens with one attached hydrogen (secondary N) is 1. The summed E-state index contributed by atoms with van der Waals surface area (Å²) in [4.78, 5) is 4.03. The zero-order valence-electron chi connectivity index (χ0n) is 12.0. The zero-order chi connectivity index (χ0) is 15.6. The smallest absolute Gasteiger partial charge is 0.244 e. The number of rotatable bonds is 6. The van der Waals surface area contributed by atoms with Gasteiger partial charge >= 0.3 is 0 Å². The first-order valence-electron chi connectivity index (χ1n) is 6.29. The van der Waals surface area contributed by atoms with E-state index in [9.17, 15) is 8.42 Å². The molecule has 10 heteroatoms. The van der Waals surface area contributed by atoms with E-state index in [1.807, 2.05) is 0 Å². The second-order valence-corrected chi connectivity index (χ2v) is 6.21. The predicted octanol–water partition coefficient (Wildman–Crippen LogP) is -0.338. The first-order valence-corrected chi connectivity index (χ1v) is 7.77. The molecule has 21 heavy (non-hydrogen) atoms. The molecular weight excluding hydrogens is 298 g/mol. The summed E-state index contributed by atoms with van der Waals surface area (Å²) in [5, 5.41) is 16.6. The molecule has 2 rings (SSSR count). The molecule has 0 spiro atoms. The van der Waals surface area contributed by atoms with Crippen LogP contribution in [-0.2, 0) is 23.1 Å². The monoisotopic (exact) mass is 315 g/mol. The van der Waals surface area contributed by atoms with E-state index in [0.29, 0.717) is 17.2 Å². The molecule has 0 saturated carbocycles. The van der Waals surface area contributed by atoms with Crippen molar-refractivity contribution >= 4 is 10.0 Å². The van der Waals surface area contributed by atoms with Gasteiger partial charge in [0.25, 0.3) is 0 Å². The molecule has 0 aromatic carbocycles. The van der Waals surface area contributed by atoms with Crippen molar-refractivity contribution in [3.05, 3.63) is 23.1 Å². The van der Waals surface area contributed by atoms with Crippen LogP contribution in [0, 0.1) is 20.8 Å². The van der Waals surface area contributed by atoms with E-state index >= 15 is 0 Å². The molecule has 0 radical (unpaired) electrons. The van der Waals surface area contributed by atoms with Crippen LogP contribution in [0.15, 0.2) is 9.42 Å². The fourth-order valence-electron chi connectivity index (χ4n) is 2.02. The lowest BCUT2D eigenvalue weighted by Crippen LogP contribution is -2.24. The highest BCUT2D eigenvalue weighted by Gasteiger charge is 2.24. The van der Waals surface area contributed by atoms with Crippen LogP contribution in [-0.4, -0.2) is 40.1 Å². The molecule has 0 bridgehead atoms. The third-order valence-electron chi connectivity index (χ3n) is 2.88. The maximum absolute atomic E-state index is 12.4. The van der Waals surface area contributed by atoms with Crippen LogP contribution < -0.4 is 4.72 Å². The van der Waals surface area contributed by atoms with Crippen molar-refractivity contribution in [3.8, 4) is 0 Å². The summed E-state index contributed by atoms with van der Waals surface area (Å²) >= 11 is 0. The van der Waals surface area contributed by atoms with Crippen LogP contribution in [0.25, 0.3) is 0 Å². The first kappa shape index (κ1) is 15.6. The highest BCUT2D eigenvalue weighted by Crippen LogP contribution is 2.19. The van der Waals surface area contributed by atoms with Gasteiger partial charge in [0.2, 0.25) is 15.9 Å². The topological polar surface area (TPSA) is 123 Å². The fourth-order valence-corrected chi connectivity index (χ4v) is 3.40. The lowest BCUT2D eigenvalue weighted by atomic mass is 10.4. The normalized spacial score (nSPS) is 12.0. The van der Waals surface area contributed by atoms with Gasteiger partial charge in [-0.15, -0.1) is 0 Å². The van der Waals surface area contributed by atoms with Gasteiger partial charge in [0.1, 0.15) is 4.90 Å². The second-order valence-electron chi connectivity index (χ2n) is 4.51. The third-order valence-corrected chi connectivity index (χ3v) is 4.53. The Morgan fingerprint density at radius 1 is 1.33 bits per heavy atom. The zero-order valence-corrected chi connectivity index (χ0v) is 12.8. The van der Waals surface area contributed by atoms with E-state index in [1.165, 1.54) is 4.68 Å². The molecule has 2 N–H and O–H groups in total. The second kappa shape index (κ2) is 5.92. The Hall–Kier alpha value is -1.78. The van der Waals surface area contributed by atoms with E-state index < -0.39 is 10.0 Å². The molecule has 2 aromatic heterocycles. The van der Waals surface area contributed by atoms with E-state index in [-0.39, 0.29) is 30.5 Å². The Balaban J connectivity index is 2.23. The molecular formula is C11H17N5O4S. The van der Waals surface area contributed by atoms with Crippen molar-refractivity contribution < 1.29 is 18.0 Å². The van der Waals surface area contributed by atoms with E-state index in [2.05, 4.69) is 20.0 Å². The molecule has 9 nitrogen and oxygen atoms in total. The minimum absolute atomic E-state index is 0.0900. The van der Waals surface area contributed by atoms with Gasteiger partial charge in [-0.3, -0.25) is 4.68 Å². The lowest BCUT2D eigenvalue weighted by molar-refractivity contribution is 0.267. The van der Waals surface area contributed by atoms with Crippen molar-refractivity contribution in [1.29, 1.82) is 0 Å². The summed E-state index contributed by atoms with van der Waals surface area (Å²) in [5.74, 6) is 0.626. The SMILES string of the molecule is Cc1noc(CNS(=O)(=O)c2c(C)nn(CCO)c2C)n1. The number of aliphatic hydroxyl groups excluding tert-OH is 1. The van der Waals surface area contributed by atoms with Crippen molar-refractivity contribution in [3.63, 3.8) is 0 Å². The number of sulfonamides is 1. The van der Waals surface area contributed by atoms with Gasteiger partial charge < -0.3 is 9.63 Å². The Kier molecular flexibility index (Phi) is 4.40. The molecule has 0 aliphatic rings. The minimum atomic E-state index is -3.75. The molecule has 0 aliphatic carbocycles. The molecule has 0 amide bonds. The van der Waals surface area contributed by atoms with E-state index in [0.717, 1.165) is 0 Å². The van der Waals surface area contributed by atoms with Gasteiger partial charge in [0.05, 0.1) is 31.1 Å². The van der Waals surface area contributed by atoms with E-state index in [4.69, 9.17) is 9.63 Å². The van der Waals surface area contributed by atoms with Crippen molar-refractivity contribution in [2.24, 2.45) is 0 Å². The Labute approximate surface area is 122 Å². The predicted molar refractivity (Wildman–Crippen MR) is 71.8 cm³/mol. The van der Waals surface area contributed by atoms with Gasteiger partial charge in [0, 0.05) is 0 Å². The van der Waals surface area contributed by atoms with Gasteiger partial charge in [-0.2, -0.15) is 10.1 Å². The molecule has 116 valence electrons. The molecule has 0 fully saturated rings. The summed E-state index contributed by atoms with van der Waals surface area (Å²) in [6.07, 6.45) is 0. The maximum atomic E-state index is 12.4. The molecule has 0 atom stereocenters. The highest BCUT2D eigenvalue weighted by atomic mass is 32.2. The summed E-state index contributed by atoms with van der Waals surface area (Å²) in [7, 11) is -3.75. The van der Waals surface area contributed by atoms with Crippen LogP contribution >= 0.6 is 0 Å². The highest BCUT2D eigenvalue weighted by molar-refractivity contribution is 7.89. The molecule has 2 heterocycles.